The molecule has 0 bridgehead atoms. The molecular formula is C11H9BrF3NO. The first-order valence-corrected chi connectivity index (χ1v) is 5.40. The fourth-order valence-corrected chi connectivity index (χ4v) is 1.38. The Balaban J connectivity index is 3.01. The Morgan fingerprint density at radius 3 is 2.71 bits per heavy atom. The molecule has 0 aliphatic heterocycles. The van der Waals surface area contributed by atoms with Gasteiger partial charge in [0.05, 0.1) is 12.1 Å². The van der Waals surface area contributed by atoms with Crippen LogP contribution in [0.3, 0.4) is 0 Å². The number of hydrogen-bond acceptors (Lipinski definition) is 2. The smallest absolute Gasteiger partial charge is 0.404 e. The molecule has 0 atom stereocenters. The summed E-state index contributed by atoms with van der Waals surface area (Å²) in [7, 11) is 1.70. The van der Waals surface area contributed by atoms with Crippen LogP contribution in [0, 0.1) is 11.8 Å². The van der Waals surface area contributed by atoms with Crippen molar-refractivity contribution in [2.45, 2.75) is 6.36 Å². The highest BCUT2D eigenvalue weighted by molar-refractivity contribution is 9.10. The average molecular weight is 308 g/mol. The molecule has 1 aromatic carbocycles. The van der Waals surface area contributed by atoms with E-state index in [-0.39, 0.29) is 11.3 Å². The maximum atomic E-state index is 12.1. The van der Waals surface area contributed by atoms with E-state index < -0.39 is 6.36 Å². The van der Waals surface area contributed by atoms with Gasteiger partial charge in [-0.1, -0.05) is 27.8 Å². The highest BCUT2D eigenvalue weighted by Gasteiger charge is 2.32. The van der Waals surface area contributed by atoms with E-state index in [0.717, 1.165) is 0 Å². The van der Waals surface area contributed by atoms with E-state index in [1.807, 2.05) is 0 Å². The predicted molar refractivity (Wildman–Crippen MR) is 61.6 cm³/mol. The van der Waals surface area contributed by atoms with Crippen molar-refractivity contribution in [1.29, 1.82) is 0 Å². The number of alkyl halides is 3. The van der Waals surface area contributed by atoms with Gasteiger partial charge in [-0.25, -0.2) is 0 Å². The second kappa shape index (κ2) is 5.94. The summed E-state index contributed by atoms with van der Waals surface area (Å²) in [5.74, 6) is 4.97. The second-order valence-corrected chi connectivity index (χ2v) is 3.94. The molecule has 1 N–H and O–H groups in total. The van der Waals surface area contributed by atoms with E-state index in [0.29, 0.717) is 11.0 Å². The molecule has 0 aliphatic rings. The van der Waals surface area contributed by atoms with Crippen molar-refractivity contribution in [3.05, 3.63) is 28.2 Å². The normalized spacial score (nSPS) is 10.6. The molecule has 0 saturated carbocycles. The van der Waals surface area contributed by atoms with Gasteiger partial charge in [0, 0.05) is 4.47 Å². The Kier molecular flexibility index (Phi) is 4.85. The van der Waals surface area contributed by atoms with Crippen LogP contribution in [0.15, 0.2) is 22.7 Å². The van der Waals surface area contributed by atoms with Gasteiger partial charge in [0.2, 0.25) is 0 Å². The van der Waals surface area contributed by atoms with Crippen molar-refractivity contribution < 1.29 is 17.9 Å². The standard InChI is InChI=1S/C11H9BrF3NO/c1-16-6-2-3-8-4-5-9(12)7-10(8)17-11(13,14)15/h4-5,7,16H,6H2,1H3. The van der Waals surface area contributed by atoms with Crippen LogP contribution in [0.5, 0.6) is 5.75 Å². The van der Waals surface area contributed by atoms with Gasteiger partial charge < -0.3 is 10.1 Å². The van der Waals surface area contributed by atoms with Crippen LogP contribution in [0.25, 0.3) is 0 Å². The van der Waals surface area contributed by atoms with Crippen LogP contribution in [-0.2, 0) is 0 Å². The van der Waals surface area contributed by atoms with E-state index in [2.05, 4.69) is 37.8 Å². The summed E-state index contributed by atoms with van der Waals surface area (Å²) in [5, 5.41) is 2.77. The molecule has 0 unspecified atom stereocenters. The Hall–Kier alpha value is -1.19. The molecule has 0 aromatic heterocycles. The molecule has 17 heavy (non-hydrogen) atoms. The summed E-state index contributed by atoms with van der Waals surface area (Å²) in [4.78, 5) is 0. The third-order valence-corrected chi connectivity index (χ3v) is 2.15. The fraction of sp³-hybridized carbons (Fsp3) is 0.273. The lowest BCUT2D eigenvalue weighted by Crippen LogP contribution is -2.17. The topological polar surface area (TPSA) is 21.3 Å². The minimum Gasteiger partial charge on any atom is -0.404 e. The molecular weight excluding hydrogens is 299 g/mol. The van der Waals surface area contributed by atoms with Crippen molar-refractivity contribution >= 4 is 15.9 Å². The summed E-state index contributed by atoms with van der Waals surface area (Å²) >= 11 is 3.08. The highest BCUT2D eigenvalue weighted by atomic mass is 79.9. The molecule has 2 nitrogen and oxygen atoms in total. The monoisotopic (exact) mass is 307 g/mol. The summed E-state index contributed by atoms with van der Waals surface area (Å²) in [6.07, 6.45) is -4.72. The van der Waals surface area contributed by atoms with Crippen LogP contribution in [0.2, 0.25) is 0 Å². The van der Waals surface area contributed by atoms with Crippen molar-refractivity contribution in [1.82, 2.24) is 5.32 Å². The van der Waals surface area contributed by atoms with E-state index in [4.69, 9.17) is 0 Å². The quantitative estimate of drug-likeness (QED) is 0.848. The lowest BCUT2D eigenvalue weighted by Gasteiger charge is -2.10. The van der Waals surface area contributed by atoms with E-state index in [1.54, 1.807) is 13.1 Å². The molecule has 0 saturated heterocycles. The van der Waals surface area contributed by atoms with Crippen LogP contribution in [-0.4, -0.2) is 20.0 Å². The number of nitrogens with one attached hydrogen (secondary N) is 1. The zero-order valence-corrected chi connectivity index (χ0v) is 10.4. The molecule has 1 aromatic rings. The largest absolute Gasteiger partial charge is 0.573 e. The van der Waals surface area contributed by atoms with Gasteiger partial charge in [0.25, 0.3) is 0 Å². The van der Waals surface area contributed by atoms with E-state index in [9.17, 15) is 13.2 Å². The van der Waals surface area contributed by atoms with E-state index in [1.165, 1.54) is 12.1 Å². The van der Waals surface area contributed by atoms with Gasteiger partial charge in [-0.2, -0.15) is 0 Å². The Morgan fingerprint density at radius 1 is 1.41 bits per heavy atom. The third-order valence-electron chi connectivity index (χ3n) is 1.66. The maximum Gasteiger partial charge on any atom is 0.573 e. The summed E-state index contributed by atoms with van der Waals surface area (Å²) in [5.41, 5.74) is 0.195. The average Bonchev–Trinajstić information content (AvgIpc) is 2.19. The molecule has 0 fully saturated rings. The SMILES string of the molecule is CNCC#Cc1ccc(Br)cc1OC(F)(F)F. The molecule has 0 aliphatic carbocycles. The van der Waals surface area contributed by atoms with Crippen LogP contribution >= 0.6 is 15.9 Å². The lowest BCUT2D eigenvalue weighted by molar-refractivity contribution is -0.274. The van der Waals surface area contributed by atoms with Crippen LogP contribution in [0.4, 0.5) is 13.2 Å². The second-order valence-electron chi connectivity index (χ2n) is 3.02. The van der Waals surface area contributed by atoms with Gasteiger partial charge >= 0.3 is 6.36 Å². The first kappa shape index (κ1) is 13.9. The Labute approximate surface area is 105 Å². The number of halogens is 4. The Bertz CT molecular complexity index is 448. The zero-order valence-electron chi connectivity index (χ0n) is 8.86. The third kappa shape index (κ3) is 5.11. The van der Waals surface area contributed by atoms with Crippen molar-refractivity contribution in [3.63, 3.8) is 0 Å². The summed E-state index contributed by atoms with van der Waals surface area (Å²) in [6.45, 7) is 0.390. The number of hydrogen-bond donors (Lipinski definition) is 1. The first-order valence-electron chi connectivity index (χ1n) is 4.61. The molecule has 1 rings (SSSR count). The van der Waals surface area contributed by atoms with Gasteiger partial charge in [0.1, 0.15) is 5.75 Å². The van der Waals surface area contributed by atoms with Crippen molar-refractivity contribution in [3.8, 4) is 17.6 Å². The Morgan fingerprint density at radius 2 is 2.12 bits per heavy atom. The highest BCUT2D eigenvalue weighted by Crippen LogP contribution is 2.28. The fourth-order valence-electron chi connectivity index (χ4n) is 1.04. The van der Waals surface area contributed by atoms with Crippen molar-refractivity contribution in [2.24, 2.45) is 0 Å². The number of benzene rings is 1. The molecule has 6 heteroatoms. The van der Waals surface area contributed by atoms with Gasteiger partial charge in [-0.05, 0) is 25.2 Å². The lowest BCUT2D eigenvalue weighted by atomic mass is 10.2. The van der Waals surface area contributed by atoms with Gasteiger partial charge in [-0.15, -0.1) is 13.2 Å². The van der Waals surface area contributed by atoms with Gasteiger partial charge in [0.15, 0.2) is 0 Å². The van der Waals surface area contributed by atoms with Gasteiger partial charge in [-0.3, -0.25) is 0 Å². The summed E-state index contributed by atoms with van der Waals surface area (Å²) < 4.78 is 40.8. The predicted octanol–water partition coefficient (Wildman–Crippen LogP) is 2.92. The molecule has 0 radical (unpaired) electrons. The molecule has 0 heterocycles. The molecule has 0 amide bonds. The van der Waals surface area contributed by atoms with E-state index >= 15 is 0 Å². The zero-order chi connectivity index (χ0) is 12.9. The first-order chi connectivity index (χ1) is 7.92. The van der Waals surface area contributed by atoms with Crippen molar-refractivity contribution in [2.75, 3.05) is 13.6 Å². The summed E-state index contributed by atoms with van der Waals surface area (Å²) in [6, 6.07) is 4.30. The number of ether oxygens (including phenoxy) is 1. The van der Waals surface area contributed by atoms with Crippen LogP contribution in [0.1, 0.15) is 5.56 Å². The minimum absolute atomic E-state index is 0.195. The van der Waals surface area contributed by atoms with Crippen LogP contribution < -0.4 is 10.1 Å². The maximum absolute atomic E-state index is 12.1. The molecule has 92 valence electrons. The molecule has 0 spiro atoms. The number of rotatable bonds is 2. The minimum atomic E-state index is -4.72.